The van der Waals surface area contributed by atoms with Gasteiger partial charge in [0.1, 0.15) is 5.75 Å². The Morgan fingerprint density at radius 2 is 1.87 bits per heavy atom. The number of piperidine rings is 1. The lowest BCUT2D eigenvalue weighted by Crippen LogP contribution is -2.45. The number of aryl methyl sites for hydroxylation is 1. The Morgan fingerprint density at radius 1 is 1.10 bits per heavy atom. The van der Waals surface area contributed by atoms with Crippen LogP contribution in [0, 0.1) is 12.8 Å². The maximum atomic E-state index is 12.8. The molecule has 2 aliphatic heterocycles. The number of carbonyl (C=O) groups excluding carboxylic acids is 2. The highest BCUT2D eigenvalue weighted by Crippen LogP contribution is 2.24. The third-order valence-electron chi connectivity index (χ3n) is 6.42. The number of nitrogens with one attached hydrogen (secondary N) is 1. The van der Waals surface area contributed by atoms with Crippen LogP contribution in [0.1, 0.15) is 56.9 Å². The van der Waals surface area contributed by atoms with Crippen molar-refractivity contribution in [1.82, 2.24) is 9.80 Å². The van der Waals surface area contributed by atoms with Gasteiger partial charge in [-0.1, -0.05) is 12.8 Å². The molecule has 0 unspecified atom stereocenters. The summed E-state index contributed by atoms with van der Waals surface area (Å²) < 4.78 is 5.22. The molecule has 2 amide bonds. The predicted octanol–water partition coefficient (Wildman–Crippen LogP) is 3.84. The van der Waals surface area contributed by atoms with Gasteiger partial charge in [-0.15, -0.1) is 0 Å². The Kier molecular flexibility index (Phi) is 8.55. The summed E-state index contributed by atoms with van der Waals surface area (Å²) in [5.74, 6) is 1.50. The lowest BCUT2D eigenvalue weighted by molar-refractivity contribution is -0.134. The van der Waals surface area contributed by atoms with E-state index in [2.05, 4.69) is 10.2 Å². The van der Waals surface area contributed by atoms with Crippen molar-refractivity contribution in [3.05, 3.63) is 23.8 Å². The Balaban J connectivity index is 1.43. The fourth-order valence-electron chi connectivity index (χ4n) is 4.56. The Morgan fingerprint density at radius 3 is 2.57 bits per heavy atom. The first kappa shape index (κ1) is 22.6. The molecule has 2 fully saturated rings. The number of benzene rings is 1. The molecule has 3 rings (SSSR count). The minimum absolute atomic E-state index is 0.0382. The standard InChI is InChI=1S/C24H37N3O3/c1-19-16-21(30-2)10-11-22(19)25-23(28)12-9-20-8-7-15-27(17-20)24(29)18-26-13-5-3-4-6-14-26/h10-11,16,20H,3-9,12-15,17-18H2,1-2H3,(H,25,28)/t20-/m1/s1. The first-order valence-corrected chi connectivity index (χ1v) is 11.5. The molecule has 1 N–H and O–H groups in total. The van der Waals surface area contributed by atoms with E-state index >= 15 is 0 Å². The summed E-state index contributed by atoms with van der Waals surface area (Å²) in [5, 5.41) is 3.01. The molecule has 0 bridgehead atoms. The van der Waals surface area contributed by atoms with Gasteiger partial charge >= 0.3 is 0 Å². The molecular formula is C24H37N3O3. The van der Waals surface area contributed by atoms with E-state index in [4.69, 9.17) is 4.74 Å². The number of amides is 2. The van der Waals surface area contributed by atoms with Gasteiger partial charge in [0.15, 0.2) is 0 Å². The molecule has 6 nitrogen and oxygen atoms in total. The molecular weight excluding hydrogens is 378 g/mol. The number of methoxy groups -OCH3 is 1. The number of hydrogen-bond donors (Lipinski definition) is 1. The van der Waals surface area contributed by atoms with E-state index in [1.165, 1.54) is 25.7 Å². The zero-order valence-electron chi connectivity index (χ0n) is 18.6. The third-order valence-corrected chi connectivity index (χ3v) is 6.42. The van der Waals surface area contributed by atoms with Gasteiger partial charge in [0.25, 0.3) is 0 Å². The maximum Gasteiger partial charge on any atom is 0.236 e. The Bertz CT molecular complexity index is 714. The van der Waals surface area contributed by atoms with Gasteiger partial charge in [-0.05, 0) is 81.8 Å². The summed E-state index contributed by atoms with van der Waals surface area (Å²) >= 11 is 0. The fraction of sp³-hybridized carbons (Fsp3) is 0.667. The number of likely N-dealkylation sites (tertiary alicyclic amines) is 2. The molecule has 0 aliphatic carbocycles. The van der Waals surface area contributed by atoms with Crippen molar-refractivity contribution >= 4 is 17.5 Å². The number of hydrogen-bond acceptors (Lipinski definition) is 4. The summed E-state index contributed by atoms with van der Waals surface area (Å²) in [7, 11) is 1.64. The number of carbonyl (C=O) groups is 2. The van der Waals surface area contributed by atoms with Crippen LogP contribution in [-0.2, 0) is 9.59 Å². The second kappa shape index (κ2) is 11.3. The van der Waals surface area contributed by atoms with Crippen LogP contribution in [0.5, 0.6) is 5.75 Å². The van der Waals surface area contributed by atoms with Crippen molar-refractivity contribution in [2.75, 3.05) is 45.2 Å². The molecule has 0 spiro atoms. The van der Waals surface area contributed by atoms with E-state index in [1.54, 1.807) is 7.11 Å². The van der Waals surface area contributed by atoms with Gasteiger partial charge in [-0.3, -0.25) is 14.5 Å². The monoisotopic (exact) mass is 415 g/mol. The summed E-state index contributed by atoms with van der Waals surface area (Å²) in [4.78, 5) is 29.6. The van der Waals surface area contributed by atoms with E-state index in [9.17, 15) is 9.59 Å². The lowest BCUT2D eigenvalue weighted by atomic mass is 9.93. The van der Waals surface area contributed by atoms with E-state index in [1.807, 2.05) is 30.0 Å². The average molecular weight is 416 g/mol. The normalized spacial score (nSPS) is 20.5. The minimum Gasteiger partial charge on any atom is -0.497 e. The minimum atomic E-state index is 0.0382. The van der Waals surface area contributed by atoms with Crippen LogP contribution in [0.15, 0.2) is 18.2 Å². The Hall–Kier alpha value is -2.08. The molecule has 1 aromatic carbocycles. The van der Waals surface area contributed by atoms with Crippen LogP contribution < -0.4 is 10.1 Å². The molecule has 1 aromatic rings. The number of ether oxygens (including phenoxy) is 1. The molecule has 166 valence electrons. The highest BCUT2D eigenvalue weighted by Gasteiger charge is 2.25. The molecule has 30 heavy (non-hydrogen) atoms. The highest BCUT2D eigenvalue weighted by molar-refractivity contribution is 5.91. The van der Waals surface area contributed by atoms with E-state index in [0.717, 1.165) is 62.4 Å². The topological polar surface area (TPSA) is 61.9 Å². The van der Waals surface area contributed by atoms with E-state index in [0.29, 0.717) is 18.9 Å². The van der Waals surface area contributed by atoms with Crippen molar-refractivity contribution < 1.29 is 14.3 Å². The molecule has 1 atom stereocenters. The molecule has 2 saturated heterocycles. The second-order valence-corrected chi connectivity index (χ2v) is 8.81. The summed E-state index contributed by atoms with van der Waals surface area (Å²) in [6.07, 6.45) is 8.44. The molecule has 6 heteroatoms. The van der Waals surface area contributed by atoms with Crippen molar-refractivity contribution in [3.8, 4) is 5.75 Å². The molecule has 2 heterocycles. The predicted molar refractivity (Wildman–Crippen MR) is 120 cm³/mol. The maximum absolute atomic E-state index is 12.8. The zero-order valence-corrected chi connectivity index (χ0v) is 18.6. The second-order valence-electron chi connectivity index (χ2n) is 8.81. The van der Waals surface area contributed by atoms with Gasteiger partial charge < -0.3 is 15.0 Å². The van der Waals surface area contributed by atoms with Gasteiger partial charge in [-0.2, -0.15) is 0 Å². The van der Waals surface area contributed by atoms with Gasteiger partial charge in [-0.25, -0.2) is 0 Å². The van der Waals surface area contributed by atoms with Crippen LogP contribution in [0.4, 0.5) is 5.69 Å². The van der Waals surface area contributed by atoms with Crippen molar-refractivity contribution in [1.29, 1.82) is 0 Å². The third kappa shape index (κ3) is 6.73. The van der Waals surface area contributed by atoms with Crippen LogP contribution in [0.2, 0.25) is 0 Å². The number of anilines is 1. The molecule has 0 saturated carbocycles. The average Bonchev–Trinajstić information content (AvgIpc) is 3.02. The summed E-state index contributed by atoms with van der Waals surface area (Å²) in [6, 6.07) is 5.66. The quantitative estimate of drug-likeness (QED) is 0.735. The fourth-order valence-corrected chi connectivity index (χ4v) is 4.56. The largest absolute Gasteiger partial charge is 0.497 e. The van der Waals surface area contributed by atoms with Gasteiger partial charge in [0.2, 0.25) is 11.8 Å². The summed E-state index contributed by atoms with van der Waals surface area (Å²) in [6.45, 7) is 6.28. The van der Waals surface area contributed by atoms with Crippen molar-refractivity contribution in [2.24, 2.45) is 5.92 Å². The van der Waals surface area contributed by atoms with Crippen LogP contribution in [-0.4, -0.2) is 61.4 Å². The zero-order chi connectivity index (χ0) is 21.3. The van der Waals surface area contributed by atoms with Gasteiger partial charge in [0.05, 0.1) is 13.7 Å². The lowest BCUT2D eigenvalue weighted by Gasteiger charge is -2.34. The first-order valence-electron chi connectivity index (χ1n) is 11.5. The smallest absolute Gasteiger partial charge is 0.236 e. The van der Waals surface area contributed by atoms with E-state index in [-0.39, 0.29) is 11.8 Å². The number of nitrogens with zero attached hydrogens (tertiary/aromatic N) is 2. The highest BCUT2D eigenvalue weighted by atomic mass is 16.5. The molecule has 0 radical (unpaired) electrons. The first-order chi connectivity index (χ1) is 14.5. The van der Waals surface area contributed by atoms with Crippen LogP contribution in [0.3, 0.4) is 0 Å². The van der Waals surface area contributed by atoms with Crippen LogP contribution in [0.25, 0.3) is 0 Å². The van der Waals surface area contributed by atoms with Crippen molar-refractivity contribution in [3.63, 3.8) is 0 Å². The van der Waals surface area contributed by atoms with Gasteiger partial charge in [0, 0.05) is 25.2 Å². The van der Waals surface area contributed by atoms with E-state index < -0.39 is 0 Å². The molecule has 0 aromatic heterocycles. The SMILES string of the molecule is COc1ccc(NC(=O)CC[C@H]2CCCN(C(=O)CN3CCCCCC3)C2)c(C)c1. The van der Waals surface area contributed by atoms with Crippen molar-refractivity contribution in [2.45, 2.75) is 58.3 Å². The molecule has 2 aliphatic rings. The Labute approximate surface area is 180 Å². The number of rotatable bonds is 7. The summed E-state index contributed by atoms with van der Waals surface area (Å²) in [5.41, 5.74) is 1.82. The van der Waals surface area contributed by atoms with Crippen LogP contribution >= 0.6 is 0 Å².